The summed E-state index contributed by atoms with van der Waals surface area (Å²) >= 11 is 0. The van der Waals surface area contributed by atoms with Crippen molar-refractivity contribution in [3.05, 3.63) is 59.7 Å². The molecular formula is C16H11F4NO3S. The minimum Gasteiger partial charge on any atom is -0.478 e. The lowest BCUT2D eigenvalue weighted by atomic mass is 10.3. The van der Waals surface area contributed by atoms with Crippen molar-refractivity contribution in [2.45, 2.75) is 4.90 Å². The standard InChI is InChI=1S/C16H11F4NO3S/c17-11-4-6-15(14(20)9-11)24-8-2-1-7-21-25(22,23)16-10-12(18)3-5-13(16)19/h3-6,9-10,21H,7-8H2. The lowest BCUT2D eigenvalue weighted by Gasteiger charge is -2.05. The molecule has 0 saturated carbocycles. The average molecular weight is 373 g/mol. The summed E-state index contributed by atoms with van der Waals surface area (Å²) in [4.78, 5) is -0.834. The molecule has 0 bridgehead atoms. The summed E-state index contributed by atoms with van der Waals surface area (Å²) in [5.74, 6) is 0.903. The Morgan fingerprint density at radius 2 is 1.60 bits per heavy atom. The van der Waals surface area contributed by atoms with Crippen molar-refractivity contribution in [1.82, 2.24) is 4.72 Å². The van der Waals surface area contributed by atoms with Crippen LogP contribution in [0.25, 0.3) is 0 Å². The molecule has 0 aliphatic carbocycles. The summed E-state index contributed by atoms with van der Waals surface area (Å²) in [7, 11) is -4.27. The molecule has 0 saturated heterocycles. The normalized spacial score (nSPS) is 10.9. The number of ether oxygens (including phenoxy) is 1. The second kappa shape index (κ2) is 8.00. The van der Waals surface area contributed by atoms with Crippen LogP contribution >= 0.6 is 0 Å². The molecule has 25 heavy (non-hydrogen) atoms. The Morgan fingerprint density at radius 1 is 0.920 bits per heavy atom. The predicted molar refractivity (Wildman–Crippen MR) is 81.2 cm³/mol. The van der Waals surface area contributed by atoms with Crippen molar-refractivity contribution in [3.8, 4) is 17.6 Å². The van der Waals surface area contributed by atoms with Crippen molar-refractivity contribution < 1.29 is 30.7 Å². The van der Waals surface area contributed by atoms with E-state index in [0.29, 0.717) is 18.2 Å². The minimum absolute atomic E-state index is 0.210. The van der Waals surface area contributed by atoms with Gasteiger partial charge < -0.3 is 4.74 Å². The first kappa shape index (κ1) is 18.8. The third kappa shape index (κ3) is 5.20. The summed E-state index contributed by atoms with van der Waals surface area (Å²) < 4.78 is 83.0. The van der Waals surface area contributed by atoms with Gasteiger partial charge in [-0.05, 0) is 30.3 Å². The topological polar surface area (TPSA) is 55.4 Å². The van der Waals surface area contributed by atoms with Crippen LogP contribution < -0.4 is 9.46 Å². The molecule has 9 heteroatoms. The summed E-state index contributed by atoms with van der Waals surface area (Å²) in [6.45, 7) is -0.674. The maximum absolute atomic E-state index is 13.4. The van der Waals surface area contributed by atoms with E-state index in [1.165, 1.54) is 0 Å². The largest absolute Gasteiger partial charge is 0.478 e. The second-order valence-corrected chi connectivity index (χ2v) is 6.35. The molecule has 2 aromatic rings. The van der Waals surface area contributed by atoms with E-state index < -0.39 is 44.7 Å². The Hall–Kier alpha value is -2.57. The molecule has 2 rings (SSSR count). The quantitative estimate of drug-likeness (QED) is 0.648. The van der Waals surface area contributed by atoms with E-state index in [0.717, 1.165) is 18.2 Å². The maximum atomic E-state index is 13.4. The molecule has 132 valence electrons. The number of hydrogen-bond acceptors (Lipinski definition) is 3. The van der Waals surface area contributed by atoms with Gasteiger partial charge in [0, 0.05) is 6.07 Å². The molecule has 0 fully saturated rings. The lowest BCUT2D eigenvalue weighted by molar-refractivity contribution is 0.346. The van der Waals surface area contributed by atoms with E-state index in [9.17, 15) is 26.0 Å². The first-order valence-corrected chi connectivity index (χ1v) is 8.26. The number of benzene rings is 2. The first-order chi connectivity index (χ1) is 11.8. The van der Waals surface area contributed by atoms with Gasteiger partial charge in [-0.3, -0.25) is 0 Å². The smallest absolute Gasteiger partial charge is 0.244 e. The van der Waals surface area contributed by atoms with Crippen molar-refractivity contribution in [2.75, 3.05) is 13.2 Å². The monoisotopic (exact) mass is 373 g/mol. The van der Waals surface area contributed by atoms with Crippen LogP contribution in [-0.4, -0.2) is 21.6 Å². The van der Waals surface area contributed by atoms with E-state index in [-0.39, 0.29) is 12.4 Å². The third-order valence-electron chi connectivity index (χ3n) is 2.85. The number of halogens is 4. The molecule has 0 heterocycles. The van der Waals surface area contributed by atoms with Crippen molar-refractivity contribution in [2.24, 2.45) is 0 Å². The molecule has 0 aliphatic rings. The average Bonchev–Trinajstić information content (AvgIpc) is 2.54. The van der Waals surface area contributed by atoms with Gasteiger partial charge in [-0.25, -0.2) is 26.0 Å². The van der Waals surface area contributed by atoms with Gasteiger partial charge in [0.1, 0.15) is 29.0 Å². The molecule has 2 aromatic carbocycles. The fourth-order valence-corrected chi connectivity index (χ4v) is 2.72. The lowest BCUT2D eigenvalue weighted by Crippen LogP contribution is -2.25. The second-order valence-electron chi connectivity index (χ2n) is 4.62. The number of hydrogen-bond donors (Lipinski definition) is 1. The van der Waals surface area contributed by atoms with Gasteiger partial charge in [0.05, 0.1) is 6.54 Å². The van der Waals surface area contributed by atoms with Crippen LogP contribution in [0.15, 0.2) is 41.3 Å². The zero-order valence-electron chi connectivity index (χ0n) is 12.5. The van der Waals surface area contributed by atoms with Crippen LogP contribution in [0.1, 0.15) is 0 Å². The Labute approximate surface area is 141 Å². The highest BCUT2D eigenvalue weighted by atomic mass is 32.2. The van der Waals surface area contributed by atoms with Gasteiger partial charge in [-0.15, -0.1) is 0 Å². The molecular weight excluding hydrogens is 362 g/mol. The Bertz CT molecular complexity index is 936. The number of sulfonamides is 1. The van der Waals surface area contributed by atoms with Gasteiger partial charge in [0.15, 0.2) is 11.6 Å². The first-order valence-electron chi connectivity index (χ1n) is 6.78. The Kier molecular flexibility index (Phi) is 6.01. The summed E-state index contributed by atoms with van der Waals surface area (Å²) in [6.07, 6.45) is 0. The highest BCUT2D eigenvalue weighted by molar-refractivity contribution is 7.89. The van der Waals surface area contributed by atoms with Gasteiger partial charge in [0.25, 0.3) is 0 Å². The molecule has 0 aliphatic heterocycles. The van der Waals surface area contributed by atoms with Crippen molar-refractivity contribution >= 4 is 10.0 Å². The summed E-state index contributed by atoms with van der Waals surface area (Å²) in [5, 5.41) is 0. The fourth-order valence-electron chi connectivity index (χ4n) is 1.71. The van der Waals surface area contributed by atoms with Gasteiger partial charge in [-0.1, -0.05) is 11.8 Å². The number of nitrogens with one attached hydrogen (secondary N) is 1. The van der Waals surface area contributed by atoms with Crippen molar-refractivity contribution in [1.29, 1.82) is 0 Å². The highest BCUT2D eigenvalue weighted by Crippen LogP contribution is 2.17. The van der Waals surface area contributed by atoms with Gasteiger partial charge >= 0.3 is 0 Å². The van der Waals surface area contributed by atoms with Crippen LogP contribution in [0, 0.1) is 35.1 Å². The minimum atomic E-state index is -4.27. The van der Waals surface area contributed by atoms with E-state index in [2.05, 4.69) is 11.8 Å². The Morgan fingerprint density at radius 3 is 2.32 bits per heavy atom. The van der Waals surface area contributed by atoms with Crippen LogP contribution in [0.4, 0.5) is 17.6 Å². The molecule has 0 aromatic heterocycles. The predicted octanol–water partition coefficient (Wildman–Crippen LogP) is 2.60. The van der Waals surface area contributed by atoms with Crippen LogP contribution in [0.3, 0.4) is 0 Å². The molecule has 0 amide bonds. The Balaban J connectivity index is 1.90. The fraction of sp³-hybridized carbons (Fsp3) is 0.125. The number of rotatable bonds is 5. The molecule has 0 spiro atoms. The molecule has 1 N–H and O–H groups in total. The van der Waals surface area contributed by atoms with Crippen LogP contribution in [-0.2, 0) is 10.0 Å². The van der Waals surface area contributed by atoms with Gasteiger partial charge in [-0.2, -0.15) is 4.72 Å². The van der Waals surface area contributed by atoms with Crippen LogP contribution in [0.2, 0.25) is 0 Å². The molecule has 0 unspecified atom stereocenters. The van der Waals surface area contributed by atoms with E-state index in [1.807, 2.05) is 4.72 Å². The van der Waals surface area contributed by atoms with Gasteiger partial charge in [0.2, 0.25) is 10.0 Å². The summed E-state index contributed by atoms with van der Waals surface area (Å²) in [5.41, 5.74) is 0. The highest BCUT2D eigenvalue weighted by Gasteiger charge is 2.18. The molecule has 0 atom stereocenters. The van der Waals surface area contributed by atoms with Crippen LogP contribution in [0.5, 0.6) is 5.75 Å². The SMILES string of the molecule is O=S(=O)(NCC#CCOc1ccc(F)cc1F)c1cc(F)ccc1F. The van der Waals surface area contributed by atoms with Crippen molar-refractivity contribution in [3.63, 3.8) is 0 Å². The van der Waals surface area contributed by atoms with E-state index >= 15 is 0 Å². The van der Waals surface area contributed by atoms with E-state index in [1.54, 1.807) is 0 Å². The van der Waals surface area contributed by atoms with E-state index in [4.69, 9.17) is 4.74 Å². The zero-order valence-corrected chi connectivity index (χ0v) is 13.3. The maximum Gasteiger partial charge on any atom is 0.244 e. The summed E-state index contributed by atoms with van der Waals surface area (Å²) in [6, 6.07) is 4.77. The molecule has 4 nitrogen and oxygen atoms in total. The third-order valence-corrected chi connectivity index (χ3v) is 4.27. The molecule has 0 radical (unpaired) electrons. The zero-order chi connectivity index (χ0) is 18.4.